The number of carbonyl (C=O) groups is 1. The number of benzene rings is 4. The van der Waals surface area contributed by atoms with E-state index >= 15 is 0 Å². The van der Waals surface area contributed by atoms with Crippen molar-refractivity contribution < 1.29 is 42.3 Å². The van der Waals surface area contributed by atoms with Crippen LogP contribution in [-0.2, 0) is 27.3 Å². The zero-order valence-corrected chi connectivity index (χ0v) is 47.6. The first-order chi connectivity index (χ1) is 38.1. The molecule has 15 nitrogen and oxygen atoms in total. The standard InChI is InChI=1S/C60H64Cl2FN7O8S/c1-35-49-36(2)53(62)54(52(35)61)76-46(29-69-21-19-68(6)20-22-69)33-74-45-15-16-47(75-32-43-17-18-64-56(67-43)38-9-13-44(14-10-38)73-24-23-70-27-40-30-72-31-41(40)28-70)39(25-45)26-48(59(71)78-60(3,4)5)77-57-51-50(49)55(79-58(51)66-34-65-57)37-7-11-42(63)12-8-37/h7-18,25,34,40-41,46,48H,19-24,26-33H2,1-6H3/t40-,41+,46-,48-/m1/s1. The number of hydrogen-bond donors (Lipinski definition) is 0. The van der Waals surface area contributed by atoms with Gasteiger partial charge in [0.1, 0.15) is 65.7 Å². The van der Waals surface area contributed by atoms with Crippen LogP contribution in [0.15, 0.2) is 85.3 Å². The van der Waals surface area contributed by atoms with E-state index in [4.69, 9.17) is 71.3 Å². The summed E-state index contributed by atoms with van der Waals surface area (Å²) in [7, 11) is 2.12. The number of aromatic nitrogens is 4. The first kappa shape index (κ1) is 54.8. The summed E-state index contributed by atoms with van der Waals surface area (Å²) in [5, 5.41) is 1.14. The SMILES string of the molecule is Cc1c(Cl)c2c(Cl)c(C)c1-c1c(-c3ccc(F)cc3)sc3ncnc(c13)O[C@@H](C(=O)OC(C)(C)C)Cc1cc(ccc1OCc1ccnc(-c3ccc(OCCN4C[C@H]5COC[C@H]5C4)cc3)n1)OC[C@@H](CN1CCN(C)CC1)O2. The molecule has 3 aromatic heterocycles. The van der Waals surface area contributed by atoms with Crippen LogP contribution in [0.3, 0.4) is 0 Å². The summed E-state index contributed by atoms with van der Waals surface area (Å²) in [5.41, 5.74) is 4.59. The Labute approximate surface area is 473 Å². The lowest BCUT2D eigenvalue weighted by Crippen LogP contribution is -2.49. The molecule has 79 heavy (non-hydrogen) atoms. The Morgan fingerprint density at radius 2 is 1.54 bits per heavy atom. The lowest BCUT2D eigenvalue weighted by atomic mass is 9.92. The number of piperazine rings is 1. The van der Waals surface area contributed by atoms with Gasteiger partial charge in [-0.3, -0.25) is 9.80 Å². The van der Waals surface area contributed by atoms with Gasteiger partial charge in [-0.1, -0.05) is 35.3 Å². The van der Waals surface area contributed by atoms with Gasteiger partial charge in [-0.15, -0.1) is 11.3 Å². The molecule has 0 N–H and O–H groups in total. The van der Waals surface area contributed by atoms with Crippen LogP contribution in [0.2, 0.25) is 10.0 Å². The average molecular weight is 1130 g/mol. The summed E-state index contributed by atoms with van der Waals surface area (Å²) < 4.78 is 59.6. The number of hydrogen-bond acceptors (Lipinski definition) is 16. The number of halogens is 3. The number of thiophene rings is 1. The van der Waals surface area contributed by atoms with E-state index in [-0.39, 0.29) is 31.3 Å². The van der Waals surface area contributed by atoms with Crippen molar-refractivity contribution in [2.45, 2.75) is 65.5 Å². The summed E-state index contributed by atoms with van der Waals surface area (Å²) >= 11 is 16.2. The van der Waals surface area contributed by atoms with Gasteiger partial charge in [0, 0.05) is 98.4 Å². The van der Waals surface area contributed by atoms with Crippen molar-refractivity contribution in [3.8, 4) is 61.8 Å². The topological polar surface area (TPSA) is 143 Å². The highest BCUT2D eigenvalue weighted by molar-refractivity contribution is 7.22. The second kappa shape index (κ2) is 23.5. The number of fused-ring (bicyclic) bond motifs is 8. The molecule has 4 atom stereocenters. The highest BCUT2D eigenvalue weighted by Crippen LogP contribution is 2.53. The minimum Gasteiger partial charge on any atom is -0.492 e. The molecule has 12 rings (SSSR count). The van der Waals surface area contributed by atoms with E-state index in [1.165, 1.54) is 29.8 Å². The molecule has 5 aliphatic heterocycles. The van der Waals surface area contributed by atoms with Crippen molar-refractivity contribution in [3.05, 3.63) is 124 Å². The molecular weight excluding hydrogens is 1070 g/mol. The van der Waals surface area contributed by atoms with Gasteiger partial charge in [-0.2, -0.15) is 0 Å². The number of likely N-dealkylation sites (tertiary alicyclic amines) is 1. The molecule has 8 heterocycles. The highest BCUT2D eigenvalue weighted by Gasteiger charge is 2.37. The zero-order valence-electron chi connectivity index (χ0n) is 45.2. The van der Waals surface area contributed by atoms with Crippen LogP contribution in [0, 0.1) is 31.5 Å². The van der Waals surface area contributed by atoms with E-state index in [2.05, 4.69) is 26.7 Å². The molecular formula is C60H64Cl2FN7O8S. The third-order valence-corrected chi connectivity index (χ3v) is 17.0. The Balaban J connectivity index is 0.939. The van der Waals surface area contributed by atoms with E-state index < -0.39 is 23.8 Å². The van der Waals surface area contributed by atoms with E-state index in [1.54, 1.807) is 39.1 Å². The third-order valence-electron chi connectivity index (χ3n) is 14.9. The Bertz CT molecular complexity index is 3300. The first-order valence-corrected chi connectivity index (χ1v) is 28.4. The minimum absolute atomic E-state index is 0.0278. The first-order valence-electron chi connectivity index (χ1n) is 26.8. The molecule has 0 amide bonds. The maximum atomic E-state index is 14.7. The second-order valence-corrected chi connectivity index (χ2v) is 23.6. The molecule has 414 valence electrons. The summed E-state index contributed by atoms with van der Waals surface area (Å²) in [5.74, 6) is 2.99. The van der Waals surface area contributed by atoms with Crippen LogP contribution in [0.25, 0.3) is 43.2 Å². The van der Waals surface area contributed by atoms with Crippen molar-refractivity contribution in [2.24, 2.45) is 11.8 Å². The molecule has 3 fully saturated rings. The van der Waals surface area contributed by atoms with Crippen LogP contribution in [0.1, 0.15) is 43.2 Å². The minimum atomic E-state index is -1.27. The molecule has 7 aromatic rings. The Kier molecular flexibility index (Phi) is 16.3. The monoisotopic (exact) mass is 1130 g/mol. The van der Waals surface area contributed by atoms with E-state index in [0.29, 0.717) is 102 Å². The normalized spacial score (nSPS) is 20.1. The van der Waals surface area contributed by atoms with Crippen molar-refractivity contribution in [1.82, 2.24) is 34.6 Å². The maximum Gasteiger partial charge on any atom is 0.348 e. The van der Waals surface area contributed by atoms with E-state index in [9.17, 15) is 9.18 Å². The molecule has 0 spiro atoms. The van der Waals surface area contributed by atoms with Crippen LogP contribution >= 0.6 is 34.5 Å². The fourth-order valence-electron chi connectivity index (χ4n) is 10.8. The highest BCUT2D eigenvalue weighted by atomic mass is 35.5. The lowest BCUT2D eigenvalue weighted by Gasteiger charge is -2.35. The van der Waals surface area contributed by atoms with Crippen LogP contribution in [0.4, 0.5) is 4.39 Å². The number of rotatable bonds is 12. The number of ether oxygens (including phenoxy) is 7. The summed E-state index contributed by atoms with van der Waals surface area (Å²) in [4.78, 5) is 42.0. The largest absolute Gasteiger partial charge is 0.492 e. The fourth-order valence-corrected chi connectivity index (χ4v) is 12.5. The second-order valence-electron chi connectivity index (χ2n) is 21.9. The van der Waals surface area contributed by atoms with Crippen molar-refractivity contribution in [1.29, 1.82) is 0 Å². The molecule has 0 aliphatic carbocycles. The van der Waals surface area contributed by atoms with Gasteiger partial charge >= 0.3 is 5.97 Å². The smallest absolute Gasteiger partial charge is 0.348 e. The number of nitrogens with zero attached hydrogens (tertiary/aromatic N) is 7. The third kappa shape index (κ3) is 12.4. The molecule has 0 unspecified atom stereocenters. The quantitative estimate of drug-likeness (QED) is 0.107. The summed E-state index contributed by atoms with van der Waals surface area (Å²) in [6, 6.07) is 21.4. The van der Waals surface area contributed by atoms with Gasteiger partial charge in [-0.25, -0.2) is 29.1 Å². The van der Waals surface area contributed by atoms with Crippen LogP contribution in [0.5, 0.6) is 28.9 Å². The number of esters is 1. The van der Waals surface area contributed by atoms with E-state index in [0.717, 1.165) is 80.8 Å². The molecule has 4 aromatic carbocycles. The molecule has 0 radical (unpaired) electrons. The molecule has 3 saturated heterocycles. The Morgan fingerprint density at radius 1 is 0.823 bits per heavy atom. The average Bonchev–Trinajstić information content (AvgIpc) is 4.39. The summed E-state index contributed by atoms with van der Waals surface area (Å²) in [6.07, 6.45) is 1.28. The summed E-state index contributed by atoms with van der Waals surface area (Å²) in [6.45, 7) is 18.8. The lowest BCUT2D eigenvalue weighted by molar-refractivity contribution is -0.163. The Hall–Kier alpha value is -6.18. The molecule has 5 aliphatic rings. The maximum absolute atomic E-state index is 14.7. The van der Waals surface area contributed by atoms with Crippen LogP contribution < -0.4 is 23.7 Å². The molecule has 19 heteroatoms. The Morgan fingerprint density at radius 3 is 2.27 bits per heavy atom. The number of carbonyl (C=O) groups excluding carboxylic acids is 1. The fraction of sp³-hybridized carbons (Fsp3) is 0.417. The molecule has 4 bridgehead atoms. The predicted octanol–water partition coefficient (Wildman–Crippen LogP) is 10.8. The van der Waals surface area contributed by atoms with Gasteiger partial charge in [0.25, 0.3) is 0 Å². The number of likely N-dealkylation sites (N-methyl/N-ethyl adjacent to an activating group) is 1. The van der Waals surface area contributed by atoms with Gasteiger partial charge in [0.15, 0.2) is 11.6 Å². The van der Waals surface area contributed by atoms with Gasteiger partial charge in [0.2, 0.25) is 12.0 Å². The van der Waals surface area contributed by atoms with Gasteiger partial charge < -0.3 is 38.1 Å². The van der Waals surface area contributed by atoms with Crippen molar-refractivity contribution in [2.75, 3.05) is 85.8 Å². The van der Waals surface area contributed by atoms with Crippen LogP contribution in [-0.4, -0.2) is 144 Å². The zero-order chi connectivity index (χ0) is 55.0. The van der Waals surface area contributed by atoms with Crippen molar-refractivity contribution in [3.63, 3.8) is 0 Å². The van der Waals surface area contributed by atoms with Gasteiger partial charge in [-0.05, 0) is 125 Å². The molecule has 0 saturated carbocycles. The van der Waals surface area contributed by atoms with Gasteiger partial charge in [0.05, 0.1) is 34.3 Å². The van der Waals surface area contributed by atoms with E-state index in [1.807, 2.05) is 62.4 Å². The van der Waals surface area contributed by atoms with Crippen molar-refractivity contribution >= 4 is 50.7 Å². The predicted molar refractivity (Wildman–Crippen MR) is 304 cm³/mol.